The van der Waals surface area contributed by atoms with Crippen LogP contribution in [-0.4, -0.2) is 12.9 Å². The van der Waals surface area contributed by atoms with Crippen molar-refractivity contribution in [3.05, 3.63) is 11.3 Å². The van der Waals surface area contributed by atoms with Crippen LogP contribution in [0.2, 0.25) is 0 Å². The van der Waals surface area contributed by atoms with E-state index < -0.39 is 0 Å². The number of fused-ring (bicyclic) bond motifs is 5. The normalized spacial score (nSPS) is 49.5. The van der Waals surface area contributed by atoms with Crippen molar-refractivity contribution in [1.82, 2.24) is 0 Å². The number of ketones is 1. The molecule has 4 aliphatic carbocycles. The van der Waals surface area contributed by atoms with Gasteiger partial charge in [0.15, 0.2) is 11.5 Å². The molecule has 23 heavy (non-hydrogen) atoms. The van der Waals surface area contributed by atoms with Crippen molar-refractivity contribution in [3.8, 4) is 0 Å². The molecule has 128 valence electrons. The monoisotopic (exact) mass is 316 g/mol. The minimum absolute atomic E-state index is 0.218. The maximum Gasteiger partial charge on any atom is 0.197 e. The Bertz CT molecular complexity index is 562. The Hall–Kier alpha value is -0.790. The molecule has 0 amide bonds. The fraction of sp³-hybridized carbons (Fsp3) is 0.857. The molecule has 4 rings (SSSR count). The van der Waals surface area contributed by atoms with E-state index in [1.807, 2.05) is 0 Å². The Morgan fingerprint density at radius 2 is 1.78 bits per heavy atom. The summed E-state index contributed by atoms with van der Waals surface area (Å²) in [5.74, 6) is 4.42. The van der Waals surface area contributed by atoms with Gasteiger partial charge in [-0.15, -0.1) is 0 Å². The summed E-state index contributed by atoms with van der Waals surface area (Å²) in [6.45, 7) is 7.51. The number of hydrogen-bond donors (Lipinski definition) is 0. The van der Waals surface area contributed by atoms with Gasteiger partial charge in [-0.25, -0.2) is 0 Å². The van der Waals surface area contributed by atoms with Gasteiger partial charge in [0, 0.05) is 6.42 Å². The zero-order chi connectivity index (χ0) is 16.4. The molecule has 6 unspecified atom stereocenters. The van der Waals surface area contributed by atoms with E-state index in [9.17, 15) is 4.79 Å². The van der Waals surface area contributed by atoms with E-state index in [2.05, 4.69) is 20.8 Å². The number of carbonyl (C=O) groups excluding carboxylic acids is 1. The van der Waals surface area contributed by atoms with Crippen LogP contribution in [0.5, 0.6) is 0 Å². The van der Waals surface area contributed by atoms with Crippen LogP contribution in [0.25, 0.3) is 0 Å². The summed E-state index contributed by atoms with van der Waals surface area (Å²) in [4.78, 5) is 12.3. The highest BCUT2D eigenvalue weighted by Crippen LogP contribution is 2.66. The van der Waals surface area contributed by atoms with Crippen molar-refractivity contribution in [2.75, 3.05) is 7.11 Å². The van der Waals surface area contributed by atoms with E-state index in [4.69, 9.17) is 4.74 Å². The van der Waals surface area contributed by atoms with E-state index in [-0.39, 0.29) is 11.2 Å². The van der Waals surface area contributed by atoms with Crippen LogP contribution in [0, 0.1) is 34.5 Å². The molecule has 0 aromatic rings. The molecule has 0 saturated heterocycles. The van der Waals surface area contributed by atoms with E-state index in [0.29, 0.717) is 11.8 Å². The first-order chi connectivity index (χ1) is 10.9. The summed E-state index contributed by atoms with van der Waals surface area (Å²) in [7, 11) is 1.69. The quantitative estimate of drug-likeness (QED) is 0.670. The number of methoxy groups -OCH3 is 1. The fourth-order valence-corrected chi connectivity index (χ4v) is 7.17. The number of hydrogen-bond acceptors (Lipinski definition) is 2. The van der Waals surface area contributed by atoms with Gasteiger partial charge >= 0.3 is 0 Å². The van der Waals surface area contributed by atoms with Crippen LogP contribution in [0.15, 0.2) is 11.3 Å². The van der Waals surface area contributed by atoms with Gasteiger partial charge in [0.05, 0.1) is 7.11 Å². The number of rotatable bonds is 1. The second kappa shape index (κ2) is 5.10. The highest BCUT2D eigenvalue weighted by molar-refractivity contribution is 5.95. The molecule has 0 aliphatic heterocycles. The van der Waals surface area contributed by atoms with Crippen LogP contribution in [0.1, 0.15) is 72.1 Å². The Kier molecular flexibility index (Phi) is 3.49. The molecule has 0 N–H and O–H groups in total. The van der Waals surface area contributed by atoms with Gasteiger partial charge < -0.3 is 4.74 Å². The summed E-state index contributed by atoms with van der Waals surface area (Å²) < 4.78 is 5.57. The van der Waals surface area contributed by atoms with Gasteiger partial charge in [-0.3, -0.25) is 4.79 Å². The topological polar surface area (TPSA) is 26.3 Å². The summed E-state index contributed by atoms with van der Waals surface area (Å²) in [6, 6.07) is 0. The van der Waals surface area contributed by atoms with Crippen molar-refractivity contribution in [1.29, 1.82) is 0 Å². The molecule has 3 fully saturated rings. The van der Waals surface area contributed by atoms with Gasteiger partial charge in [0.2, 0.25) is 0 Å². The lowest BCUT2D eigenvalue weighted by molar-refractivity contribution is -0.122. The van der Waals surface area contributed by atoms with Crippen molar-refractivity contribution >= 4 is 5.78 Å². The third-order valence-electron chi connectivity index (χ3n) is 8.75. The first kappa shape index (κ1) is 15.7. The van der Waals surface area contributed by atoms with E-state index in [1.54, 1.807) is 7.11 Å². The molecule has 0 aromatic carbocycles. The molecule has 0 bridgehead atoms. The first-order valence-corrected chi connectivity index (χ1v) is 9.72. The SMILES string of the molecule is COC1=C2CCC3C(CCC4(C)C(C)CCC34)C2(C)CCC1=O. The third-order valence-corrected chi connectivity index (χ3v) is 8.75. The zero-order valence-corrected chi connectivity index (χ0v) is 15.3. The number of allylic oxidation sites excluding steroid dienone is 1. The zero-order valence-electron chi connectivity index (χ0n) is 15.3. The molecule has 2 heteroatoms. The maximum atomic E-state index is 12.3. The van der Waals surface area contributed by atoms with E-state index in [0.717, 1.165) is 42.3 Å². The van der Waals surface area contributed by atoms with E-state index in [1.165, 1.54) is 37.7 Å². The smallest absolute Gasteiger partial charge is 0.197 e. The summed E-state index contributed by atoms with van der Waals surface area (Å²) in [6.07, 6.45) is 9.71. The van der Waals surface area contributed by atoms with Crippen molar-refractivity contribution < 1.29 is 9.53 Å². The third kappa shape index (κ3) is 1.96. The molecule has 6 atom stereocenters. The predicted octanol–water partition coefficient (Wildman–Crippen LogP) is 5.13. The van der Waals surface area contributed by atoms with Crippen molar-refractivity contribution in [2.24, 2.45) is 34.5 Å². The summed E-state index contributed by atoms with van der Waals surface area (Å²) >= 11 is 0. The second-order valence-electron chi connectivity index (χ2n) is 9.29. The molecular weight excluding hydrogens is 284 g/mol. The molecule has 0 radical (unpaired) electrons. The second-order valence-corrected chi connectivity index (χ2v) is 9.29. The van der Waals surface area contributed by atoms with Crippen LogP contribution in [0.4, 0.5) is 0 Å². The molecular formula is C21H32O2. The van der Waals surface area contributed by atoms with Crippen LogP contribution in [0.3, 0.4) is 0 Å². The lowest BCUT2D eigenvalue weighted by Gasteiger charge is -2.58. The molecule has 0 spiro atoms. The Balaban J connectivity index is 1.72. The maximum absolute atomic E-state index is 12.3. The number of Topliss-reactive ketones (excluding diaryl/α,β-unsaturated/α-hetero) is 1. The fourth-order valence-electron chi connectivity index (χ4n) is 7.17. The lowest BCUT2D eigenvalue weighted by atomic mass is 9.47. The van der Waals surface area contributed by atoms with Crippen LogP contribution in [-0.2, 0) is 9.53 Å². The molecule has 3 saturated carbocycles. The average molecular weight is 316 g/mol. The van der Waals surface area contributed by atoms with Crippen molar-refractivity contribution in [2.45, 2.75) is 72.1 Å². The van der Waals surface area contributed by atoms with Gasteiger partial charge in [0.1, 0.15) is 0 Å². The van der Waals surface area contributed by atoms with Gasteiger partial charge in [-0.05, 0) is 85.0 Å². The predicted molar refractivity (Wildman–Crippen MR) is 91.8 cm³/mol. The molecule has 0 aromatic heterocycles. The Labute approximate surface area is 141 Å². The molecule has 4 aliphatic rings. The highest BCUT2D eigenvalue weighted by Gasteiger charge is 2.58. The first-order valence-electron chi connectivity index (χ1n) is 9.72. The van der Waals surface area contributed by atoms with Crippen LogP contribution < -0.4 is 0 Å². The summed E-state index contributed by atoms with van der Waals surface area (Å²) in [5.41, 5.74) is 2.16. The lowest BCUT2D eigenvalue weighted by Crippen LogP contribution is -2.50. The van der Waals surface area contributed by atoms with Crippen LogP contribution >= 0.6 is 0 Å². The van der Waals surface area contributed by atoms with Gasteiger partial charge in [0.25, 0.3) is 0 Å². The van der Waals surface area contributed by atoms with E-state index >= 15 is 0 Å². The number of ether oxygens (including phenoxy) is 1. The molecule has 2 nitrogen and oxygen atoms in total. The highest BCUT2D eigenvalue weighted by atomic mass is 16.5. The Morgan fingerprint density at radius 1 is 1.00 bits per heavy atom. The van der Waals surface area contributed by atoms with Crippen molar-refractivity contribution in [3.63, 3.8) is 0 Å². The minimum Gasteiger partial charge on any atom is -0.493 e. The standard InChI is InChI=1S/C21H32O2/c1-13-5-7-15-14-6-8-17-19(23-4)18(22)10-12-21(17,3)16(14)9-11-20(13,15)2/h13-16H,5-12H2,1-4H3. The summed E-state index contributed by atoms with van der Waals surface area (Å²) in [5, 5.41) is 0. The van der Waals surface area contributed by atoms with Gasteiger partial charge in [-0.1, -0.05) is 20.8 Å². The largest absolute Gasteiger partial charge is 0.493 e. The van der Waals surface area contributed by atoms with Gasteiger partial charge in [-0.2, -0.15) is 0 Å². The number of carbonyl (C=O) groups is 1. The Morgan fingerprint density at radius 3 is 2.52 bits per heavy atom. The average Bonchev–Trinajstić information content (AvgIpc) is 2.83. The minimum atomic E-state index is 0.218. The molecule has 0 heterocycles.